The van der Waals surface area contributed by atoms with Crippen molar-refractivity contribution in [2.24, 2.45) is 0 Å². The van der Waals surface area contributed by atoms with Crippen molar-refractivity contribution < 1.29 is 9.15 Å². The lowest BCUT2D eigenvalue weighted by molar-refractivity contribution is 0.273. The topological polar surface area (TPSA) is 22.4 Å². The van der Waals surface area contributed by atoms with Crippen LogP contribution in [0.25, 0.3) is 11.0 Å². The summed E-state index contributed by atoms with van der Waals surface area (Å²) in [4.78, 5) is 0. The Labute approximate surface area is 120 Å². The molecule has 1 heterocycles. The van der Waals surface area contributed by atoms with Gasteiger partial charge in [-0.05, 0) is 42.8 Å². The molecule has 0 spiro atoms. The molecule has 0 N–H and O–H groups in total. The van der Waals surface area contributed by atoms with Gasteiger partial charge in [-0.15, -0.1) is 0 Å². The maximum atomic E-state index is 5.78. The highest BCUT2D eigenvalue weighted by Gasteiger charge is 2.05. The van der Waals surface area contributed by atoms with Crippen LogP contribution in [0.4, 0.5) is 0 Å². The fourth-order valence-electron chi connectivity index (χ4n) is 2.00. The first-order valence-electron chi connectivity index (χ1n) is 6.09. The monoisotopic (exact) mass is 316 g/mol. The molecule has 0 saturated carbocycles. The van der Waals surface area contributed by atoms with Crippen molar-refractivity contribution in [3.05, 3.63) is 64.3 Å². The van der Waals surface area contributed by atoms with Crippen LogP contribution in [0.15, 0.2) is 57.4 Å². The third-order valence-corrected chi connectivity index (χ3v) is 3.49. The molecular formula is C16H13BrO2. The zero-order valence-corrected chi connectivity index (χ0v) is 12.1. The van der Waals surface area contributed by atoms with Crippen LogP contribution in [0, 0.1) is 6.92 Å². The summed E-state index contributed by atoms with van der Waals surface area (Å²) < 4.78 is 12.5. The smallest absolute Gasteiger partial charge is 0.146 e. The number of aryl methyl sites for hydroxylation is 1. The average Bonchev–Trinajstić information content (AvgIpc) is 2.79. The predicted molar refractivity (Wildman–Crippen MR) is 79.4 cm³/mol. The second-order valence-electron chi connectivity index (χ2n) is 4.45. The third kappa shape index (κ3) is 2.66. The van der Waals surface area contributed by atoms with E-state index in [1.807, 2.05) is 55.5 Å². The molecule has 0 aliphatic rings. The molecule has 19 heavy (non-hydrogen) atoms. The van der Waals surface area contributed by atoms with E-state index < -0.39 is 0 Å². The second kappa shape index (κ2) is 5.10. The van der Waals surface area contributed by atoms with Crippen LogP contribution in [0.1, 0.15) is 11.3 Å². The Morgan fingerprint density at radius 3 is 2.79 bits per heavy atom. The van der Waals surface area contributed by atoms with Crippen LogP contribution in [0.2, 0.25) is 0 Å². The van der Waals surface area contributed by atoms with Gasteiger partial charge in [0, 0.05) is 9.86 Å². The van der Waals surface area contributed by atoms with Gasteiger partial charge < -0.3 is 9.15 Å². The first-order valence-corrected chi connectivity index (χ1v) is 6.88. The lowest BCUT2D eigenvalue weighted by atomic mass is 10.2. The Morgan fingerprint density at radius 1 is 1.11 bits per heavy atom. The number of hydrogen-bond donors (Lipinski definition) is 0. The Bertz CT molecular complexity index is 716. The Morgan fingerprint density at radius 2 is 1.95 bits per heavy atom. The minimum Gasteiger partial charge on any atom is -0.485 e. The van der Waals surface area contributed by atoms with Crippen molar-refractivity contribution in [1.82, 2.24) is 0 Å². The molecule has 2 aromatic carbocycles. The largest absolute Gasteiger partial charge is 0.485 e. The molecule has 3 rings (SSSR count). The summed E-state index contributed by atoms with van der Waals surface area (Å²) >= 11 is 3.44. The second-order valence-corrected chi connectivity index (χ2v) is 5.36. The van der Waals surface area contributed by atoms with E-state index >= 15 is 0 Å². The maximum Gasteiger partial charge on any atom is 0.146 e. The number of hydrogen-bond acceptors (Lipinski definition) is 2. The minimum atomic E-state index is 0.442. The molecule has 3 aromatic rings. The molecule has 0 bridgehead atoms. The molecule has 0 radical (unpaired) electrons. The summed E-state index contributed by atoms with van der Waals surface area (Å²) in [7, 11) is 0. The lowest BCUT2D eigenvalue weighted by Crippen LogP contribution is -1.95. The molecule has 0 saturated heterocycles. The van der Waals surface area contributed by atoms with Gasteiger partial charge >= 0.3 is 0 Å². The van der Waals surface area contributed by atoms with Gasteiger partial charge in [-0.25, -0.2) is 0 Å². The molecule has 2 nitrogen and oxygen atoms in total. The Hall–Kier alpha value is -1.74. The predicted octanol–water partition coefficient (Wildman–Crippen LogP) is 5.08. The van der Waals surface area contributed by atoms with E-state index in [4.69, 9.17) is 9.15 Å². The zero-order valence-electron chi connectivity index (χ0n) is 10.5. The average molecular weight is 317 g/mol. The van der Waals surface area contributed by atoms with Gasteiger partial charge in [0.1, 0.15) is 23.7 Å². The number of fused-ring (bicyclic) bond motifs is 1. The van der Waals surface area contributed by atoms with Crippen molar-refractivity contribution in [2.75, 3.05) is 0 Å². The standard InChI is InChI=1S/C16H13BrO2/c1-11-4-2-3-5-15(11)18-10-14-8-12-6-7-13(17)9-16(12)19-14/h2-9H,10H2,1H3. The van der Waals surface area contributed by atoms with E-state index in [9.17, 15) is 0 Å². The summed E-state index contributed by atoms with van der Waals surface area (Å²) in [5.41, 5.74) is 2.00. The van der Waals surface area contributed by atoms with Gasteiger partial charge in [-0.1, -0.05) is 34.1 Å². The lowest BCUT2D eigenvalue weighted by Gasteiger charge is -2.06. The number of rotatable bonds is 3. The van der Waals surface area contributed by atoms with Crippen molar-refractivity contribution in [1.29, 1.82) is 0 Å². The molecule has 0 amide bonds. The summed E-state index contributed by atoms with van der Waals surface area (Å²) in [6.45, 7) is 2.47. The van der Waals surface area contributed by atoms with Crippen LogP contribution >= 0.6 is 15.9 Å². The fraction of sp³-hybridized carbons (Fsp3) is 0.125. The molecule has 1 aromatic heterocycles. The van der Waals surface area contributed by atoms with Crippen molar-refractivity contribution in [3.63, 3.8) is 0 Å². The van der Waals surface area contributed by atoms with Crippen LogP contribution < -0.4 is 4.74 Å². The van der Waals surface area contributed by atoms with Gasteiger partial charge in [0.2, 0.25) is 0 Å². The molecular weight excluding hydrogens is 304 g/mol. The molecule has 0 unspecified atom stereocenters. The van der Waals surface area contributed by atoms with Gasteiger partial charge in [-0.2, -0.15) is 0 Å². The molecule has 0 aliphatic carbocycles. The number of furan rings is 1. The molecule has 0 fully saturated rings. The highest BCUT2D eigenvalue weighted by molar-refractivity contribution is 9.10. The van der Waals surface area contributed by atoms with Crippen molar-refractivity contribution >= 4 is 26.9 Å². The third-order valence-electron chi connectivity index (χ3n) is 3.00. The van der Waals surface area contributed by atoms with E-state index in [0.29, 0.717) is 6.61 Å². The highest BCUT2D eigenvalue weighted by Crippen LogP contribution is 2.25. The fourth-order valence-corrected chi connectivity index (χ4v) is 2.34. The molecule has 0 atom stereocenters. The summed E-state index contributed by atoms with van der Waals surface area (Å²) in [5, 5.41) is 1.09. The number of halogens is 1. The van der Waals surface area contributed by atoms with Gasteiger partial charge in [-0.3, -0.25) is 0 Å². The van der Waals surface area contributed by atoms with Crippen LogP contribution in [0.3, 0.4) is 0 Å². The van der Waals surface area contributed by atoms with E-state index in [-0.39, 0.29) is 0 Å². The van der Waals surface area contributed by atoms with Crippen molar-refractivity contribution in [3.8, 4) is 5.75 Å². The first-order chi connectivity index (χ1) is 9.22. The zero-order chi connectivity index (χ0) is 13.2. The number of benzene rings is 2. The summed E-state index contributed by atoms with van der Waals surface area (Å²) in [6, 6.07) is 16.0. The quantitative estimate of drug-likeness (QED) is 0.672. The first kappa shape index (κ1) is 12.3. The highest BCUT2D eigenvalue weighted by atomic mass is 79.9. The summed E-state index contributed by atoms with van der Waals surface area (Å²) in [6.07, 6.45) is 0. The van der Waals surface area contributed by atoms with E-state index in [1.165, 1.54) is 0 Å². The van der Waals surface area contributed by atoms with Gasteiger partial charge in [0.25, 0.3) is 0 Å². The molecule has 3 heteroatoms. The number of para-hydroxylation sites is 1. The minimum absolute atomic E-state index is 0.442. The Kier molecular flexibility index (Phi) is 3.30. The number of ether oxygens (including phenoxy) is 1. The Balaban J connectivity index is 1.80. The summed E-state index contributed by atoms with van der Waals surface area (Å²) in [5.74, 6) is 1.72. The normalized spacial score (nSPS) is 10.8. The van der Waals surface area contributed by atoms with Crippen LogP contribution in [0.5, 0.6) is 5.75 Å². The van der Waals surface area contributed by atoms with E-state index in [2.05, 4.69) is 15.9 Å². The van der Waals surface area contributed by atoms with E-state index in [0.717, 1.165) is 32.5 Å². The van der Waals surface area contributed by atoms with Crippen LogP contribution in [-0.4, -0.2) is 0 Å². The molecule has 0 aliphatic heterocycles. The van der Waals surface area contributed by atoms with E-state index in [1.54, 1.807) is 0 Å². The van der Waals surface area contributed by atoms with Gasteiger partial charge in [0.05, 0.1) is 0 Å². The SMILES string of the molecule is Cc1ccccc1OCc1cc2ccc(Br)cc2o1. The maximum absolute atomic E-state index is 5.78. The van der Waals surface area contributed by atoms with Crippen LogP contribution in [-0.2, 0) is 6.61 Å². The van der Waals surface area contributed by atoms with Crippen molar-refractivity contribution in [2.45, 2.75) is 13.5 Å². The molecule has 96 valence electrons. The van der Waals surface area contributed by atoms with Gasteiger partial charge in [0.15, 0.2) is 0 Å².